The average Bonchev–Trinajstić information content (AvgIpc) is 2.06. The van der Waals surface area contributed by atoms with Crippen molar-refractivity contribution in [1.82, 2.24) is 0 Å². The summed E-state index contributed by atoms with van der Waals surface area (Å²) >= 11 is 0. The van der Waals surface area contributed by atoms with Gasteiger partial charge in [0.25, 0.3) is 0 Å². The standard InChI is InChI=1S/C10H11N/c1-8-4-2-5-9-6-3-7-11-10(8)9/h2-6,11H,7H2,1H3. The van der Waals surface area contributed by atoms with Crippen LogP contribution >= 0.6 is 0 Å². The van der Waals surface area contributed by atoms with Gasteiger partial charge in [0, 0.05) is 12.2 Å². The summed E-state index contributed by atoms with van der Waals surface area (Å²) in [4.78, 5) is 0. The van der Waals surface area contributed by atoms with E-state index < -0.39 is 0 Å². The number of fused-ring (bicyclic) bond motifs is 1. The van der Waals surface area contributed by atoms with Crippen LogP contribution in [0.3, 0.4) is 0 Å². The van der Waals surface area contributed by atoms with Gasteiger partial charge >= 0.3 is 0 Å². The second-order valence-electron chi connectivity index (χ2n) is 2.82. The van der Waals surface area contributed by atoms with Gasteiger partial charge in [0.15, 0.2) is 0 Å². The number of benzene rings is 1. The Bertz CT molecular complexity index is 300. The van der Waals surface area contributed by atoms with Gasteiger partial charge in [-0.3, -0.25) is 0 Å². The Morgan fingerprint density at radius 3 is 3.09 bits per heavy atom. The highest BCUT2D eigenvalue weighted by atomic mass is 14.9. The first-order chi connectivity index (χ1) is 5.38. The van der Waals surface area contributed by atoms with Crippen LogP contribution in [-0.2, 0) is 0 Å². The van der Waals surface area contributed by atoms with Crippen molar-refractivity contribution >= 4 is 11.8 Å². The average molecular weight is 145 g/mol. The molecule has 1 heteroatoms. The summed E-state index contributed by atoms with van der Waals surface area (Å²) < 4.78 is 0. The van der Waals surface area contributed by atoms with Crippen molar-refractivity contribution in [2.24, 2.45) is 0 Å². The molecule has 0 saturated heterocycles. The van der Waals surface area contributed by atoms with E-state index in [9.17, 15) is 0 Å². The first kappa shape index (κ1) is 6.47. The fourth-order valence-corrected chi connectivity index (χ4v) is 1.42. The van der Waals surface area contributed by atoms with Crippen molar-refractivity contribution in [3.05, 3.63) is 35.4 Å². The van der Waals surface area contributed by atoms with Crippen LogP contribution in [0.25, 0.3) is 6.08 Å². The van der Waals surface area contributed by atoms with Gasteiger partial charge in [-0.05, 0) is 18.1 Å². The summed E-state index contributed by atoms with van der Waals surface area (Å²) in [5.41, 5.74) is 3.91. The summed E-state index contributed by atoms with van der Waals surface area (Å²) in [6, 6.07) is 6.35. The fourth-order valence-electron chi connectivity index (χ4n) is 1.42. The largest absolute Gasteiger partial charge is 0.381 e. The maximum absolute atomic E-state index is 3.34. The number of hydrogen-bond donors (Lipinski definition) is 1. The third kappa shape index (κ3) is 1.03. The van der Waals surface area contributed by atoms with Crippen LogP contribution in [0.15, 0.2) is 24.3 Å². The van der Waals surface area contributed by atoms with Crippen molar-refractivity contribution < 1.29 is 0 Å². The van der Waals surface area contributed by atoms with Gasteiger partial charge in [0.2, 0.25) is 0 Å². The van der Waals surface area contributed by atoms with Crippen LogP contribution in [0, 0.1) is 6.92 Å². The van der Waals surface area contributed by atoms with Crippen molar-refractivity contribution in [3.63, 3.8) is 0 Å². The van der Waals surface area contributed by atoms with Gasteiger partial charge in [0.1, 0.15) is 0 Å². The molecule has 1 aromatic rings. The highest BCUT2D eigenvalue weighted by molar-refractivity contribution is 5.72. The van der Waals surface area contributed by atoms with E-state index in [-0.39, 0.29) is 0 Å². The number of rotatable bonds is 0. The zero-order chi connectivity index (χ0) is 7.68. The molecule has 0 amide bonds. The van der Waals surface area contributed by atoms with Gasteiger partial charge < -0.3 is 5.32 Å². The molecule has 11 heavy (non-hydrogen) atoms. The molecule has 1 nitrogen and oxygen atoms in total. The lowest BCUT2D eigenvalue weighted by Crippen LogP contribution is -2.05. The first-order valence-corrected chi connectivity index (χ1v) is 3.88. The minimum Gasteiger partial charge on any atom is -0.381 e. The maximum atomic E-state index is 3.34. The number of para-hydroxylation sites is 1. The predicted octanol–water partition coefficient (Wildman–Crippen LogP) is 2.43. The molecule has 1 heterocycles. The Kier molecular flexibility index (Phi) is 1.42. The van der Waals surface area contributed by atoms with E-state index in [1.54, 1.807) is 0 Å². The number of aryl methyl sites for hydroxylation is 1. The fraction of sp³-hybridized carbons (Fsp3) is 0.200. The lowest BCUT2D eigenvalue weighted by Gasteiger charge is -2.14. The van der Waals surface area contributed by atoms with E-state index in [2.05, 4.69) is 42.6 Å². The molecule has 0 saturated carbocycles. The van der Waals surface area contributed by atoms with Gasteiger partial charge in [-0.1, -0.05) is 30.4 Å². The Morgan fingerprint density at radius 2 is 2.27 bits per heavy atom. The molecule has 2 rings (SSSR count). The topological polar surface area (TPSA) is 12.0 Å². The van der Waals surface area contributed by atoms with Crippen molar-refractivity contribution in [2.75, 3.05) is 11.9 Å². The minimum atomic E-state index is 0.956. The van der Waals surface area contributed by atoms with Crippen LogP contribution in [-0.4, -0.2) is 6.54 Å². The van der Waals surface area contributed by atoms with E-state index in [1.165, 1.54) is 16.8 Å². The van der Waals surface area contributed by atoms with Crippen molar-refractivity contribution in [2.45, 2.75) is 6.92 Å². The highest BCUT2D eigenvalue weighted by Crippen LogP contribution is 2.23. The summed E-state index contributed by atoms with van der Waals surface area (Å²) in [5.74, 6) is 0. The quantitative estimate of drug-likeness (QED) is 0.591. The zero-order valence-electron chi connectivity index (χ0n) is 6.59. The lowest BCUT2D eigenvalue weighted by atomic mass is 10.1. The van der Waals surface area contributed by atoms with Gasteiger partial charge in [-0.25, -0.2) is 0 Å². The molecule has 0 spiro atoms. The van der Waals surface area contributed by atoms with Crippen LogP contribution < -0.4 is 5.32 Å². The number of anilines is 1. The molecule has 0 radical (unpaired) electrons. The number of nitrogens with one attached hydrogen (secondary N) is 1. The summed E-state index contributed by atoms with van der Waals surface area (Å²) in [6.07, 6.45) is 4.31. The van der Waals surface area contributed by atoms with E-state index in [1.807, 2.05) is 0 Å². The molecular formula is C10H11N. The zero-order valence-corrected chi connectivity index (χ0v) is 6.59. The van der Waals surface area contributed by atoms with E-state index in [0.29, 0.717) is 0 Å². The summed E-state index contributed by atoms with van der Waals surface area (Å²) in [6.45, 7) is 3.09. The molecule has 0 fully saturated rings. The molecule has 0 atom stereocenters. The van der Waals surface area contributed by atoms with Crippen LogP contribution in [0.5, 0.6) is 0 Å². The Balaban J connectivity index is 2.60. The molecule has 1 aromatic carbocycles. The van der Waals surface area contributed by atoms with Crippen LogP contribution in [0.2, 0.25) is 0 Å². The lowest BCUT2D eigenvalue weighted by molar-refractivity contribution is 1.28. The molecule has 0 aliphatic carbocycles. The second-order valence-corrected chi connectivity index (χ2v) is 2.82. The van der Waals surface area contributed by atoms with Gasteiger partial charge in [-0.15, -0.1) is 0 Å². The summed E-state index contributed by atoms with van der Waals surface area (Å²) in [5, 5.41) is 3.34. The molecule has 1 aliphatic heterocycles. The Morgan fingerprint density at radius 1 is 1.36 bits per heavy atom. The minimum absolute atomic E-state index is 0.956. The van der Waals surface area contributed by atoms with E-state index in [0.717, 1.165) is 6.54 Å². The smallest absolute Gasteiger partial charge is 0.0445 e. The predicted molar refractivity (Wildman–Crippen MR) is 48.7 cm³/mol. The van der Waals surface area contributed by atoms with Gasteiger partial charge in [0.05, 0.1) is 0 Å². The Hall–Kier alpha value is -1.24. The normalized spacial score (nSPS) is 13.9. The molecule has 1 aliphatic rings. The molecule has 56 valence electrons. The van der Waals surface area contributed by atoms with Gasteiger partial charge in [-0.2, -0.15) is 0 Å². The second kappa shape index (κ2) is 2.42. The SMILES string of the molecule is Cc1cccc2c1NCC=C2. The van der Waals surface area contributed by atoms with E-state index in [4.69, 9.17) is 0 Å². The molecule has 1 N–H and O–H groups in total. The third-order valence-electron chi connectivity index (χ3n) is 2.00. The Labute approximate surface area is 66.7 Å². The summed E-state index contributed by atoms with van der Waals surface area (Å²) in [7, 11) is 0. The van der Waals surface area contributed by atoms with Crippen molar-refractivity contribution in [3.8, 4) is 0 Å². The maximum Gasteiger partial charge on any atom is 0.0445 e. The molecule has 0 bridgehead atoms. The van der Waals surface area contributed by atoms with Crippen molar-refractivity contribution in [1.29, 1.82) is 0 Å². The van der Waals surface area contributed by atoms with E-state index >= 15 is 0 Å². The van der Waals surface area contributed by atoms with Crippen LogP contribution in [0.1, 0.15) is 11.1 Å². The monoisotopic (exact) mass is 145 g/mol. The highest BCUT2D eigenvalue weighted by Gasteiger charge is 2.03. The molecular weight excluding hydrogens is 134 g/mol. The van der Waals surface area contributed by atoms with Crippen LogP contribution in [0.4, 0.5) is 5.69 Å². The molecule has 0 aromatic heterocycles. The molecule has 0 unspecified atom stereocenters. The third-order valence-corrected chi connectivity index (χ3v) is 2.00. The first-order valence-electron chi connectivity index (χ1n) is 3.88. The number of hydrogen-bond acceptors (Lipinski definition) is 1.